The number of hydrogen-bond acceptors (Lipinski definition) is 6. The van der Waals surface area contributed by atoms with E-state index >= 15 is 0 Å². The third-order valence-electron chi connectivity index (χ3n) is 2.95. The third kappa shape index (κ3) is 3.20. The Morgan fingerprint density at radius 2 is 1.95 bits per heavy atom. The molecule has 1 aliphatic rings. The number of carbonyl (C=O) groups excluding carboxylic acids is 2. The number of carboxylic acids is 1. The number of benzene rings is 1. The first-order valence-corrected chi connectivity index (χ1v) is 5.93. The van der Waals surface area contributed by atoms with E-state index in [1.54, 1.807) is 0 Å². The molecule has 0 spiro atoms. The zero-order chi connectivity index (χ0) is 15.6. The summed E-state index contributed by atoms with van der Waals surface area (Å²) in [6, 6.07) is 3.89. The highest BCUT2D eigenvalue weighted by atomic mass is 16.6. The van der Waals surface area contributed by atoms with Crippen LogP contribution >= 0.6 is 0 Å². The van der Waals surface area contributed by atoms with Gasteiger partial charge in [-0.1, -0.05) is 12.1 Å². The first kappa shape index (κ1) is 14.6. The fraction of sp³-hybridized carbons (Fsp3) is 0.250. The first-order valence-electron chi connectivity index (χ1n) is 5.93. The average Bonchev–Trinajstić information content (AvgIpc) is 2.36. The average molecular weight is 293 g/mol. The highest BCUT2D eigenvalue weighted by molar-refractivity contribution is 5.99. The van der Waals surface area contributed by atoms with Crippen molar-refractivity contribution in [3.8, 4) is 0 Å². The van der Waals surface area contributed by atoms with Crippen LogP contribution in [0.2, 0.25) is 0 Å². The van der Waals surface area contributed by atoms with Gasteiger partial charge in [-0.05, 0) is 5.56 Å². The summed E-state index contributed by atoms with van der Waals surface area (Å²) in [6.45, 7) is -0.191. The normalized spacial score (nSPS) is 15.6. The largest absolute Gasteiger partial charge is 0.477 e. The molecule has 1 saturated heterocycles. The topological polar surface area (TPSA) is 130 Å². The van der Waals surface area contributed by atoms with Crippen LogP contribution in [0.3, 0.4) is 0 Å². The second-order valence-corrected chi connectivity index (χ2v) is 4.49. The zero-order valence-electron chi connectivity index (χ0n) is 10.7. The number of amides is 2. The van der Waals surface area contributed by atoms with Crippen LogP contribution in [0.5, 0.6) is 0 Å². The number of nitro benzene ring substituents is 1. The van der Waals surface area contributed by atoms with Crippen LogP contribution in [0.1, 0.15) is 15.9 Å². The Kier molecular flexibility index (Phi) is 3.94. The Hall–Kier alpha value is -2.81. The monoisotopic (exact) mass is 293 g/mol. The molecule has 2 rings (SSSR count). The molecule has 21 heavy (non-hydrogen) atoms. The quantitative estimate of drug-likeness (QED) is 0.444. The summed E-state index contributed by atoms with van der Waals surface area (Å²) in [4.78, 5) is 45.3. The van der Waals surface area contributed by atoms with E-state index < -0.39 is 34.0 Å². The molecule has 0 unspecified atom stereocenters. The standard InChI is InChI=1S/C12H11N3O6/c16-9-5-14(6-10(17)13-9)4-7-2-1-3-8(15(20)21)11(7)12(18)19/h1-3H,4-6H2,(H,18,19)(H,13,16,17). The predicted octanol–water partition coefficient (Wildman–Crippen LogP) is -0.249. The number of nitrogens with one attached hydrogen (secondary N) is 1. The molecule has 2 amide bonds. The molecule has 0 aromatic heterocycles. The lowest BCUT2D eigenvalue weighted by Gasteiger charge is -2.25. The van der Waals surface area contributed by atoms with Crippen LogP contribution in [0.4, 0.5) is 5.69 Å². The van der Waals surface area contributed by atoms with Gasteiger partial charge in [0.1, 0.15) is 5.56 Å². The molecule has 0 aliphatic carbocycles. The Balaban J connectivity index is 2.33. The van der Waals surface area contributed by atoms with Gasteiger partial charge in [-0.25, -0.2) is 4.79 Å². The maximum Gasteiger partial charge on any atom is 0.343 e. The Morgan fingerprint density at radius 1 is 1.33 bits per heavy atom. The van der Waals surface area contributed by atoms with Gasteiger partial charge in [-0.3, -0.25) is 29.9 Å². The molecular formula is C12H11N3O6. The minimum Gasteiger partial charge on any atom is -0.477 e. The second-order valence-electron chi connectivity index (χ2n) is 4.49. The lowest BCUT2D eigenvalue weighted by Crippen LogP contribution is -2.51. The molecule has 1 aromatic rings. The fourth-order valence-corrected chi connectivity index (χ4v) is 2.17. The summed E-state index contributed by atoms with van der Waals surface area (Å²) in [5.74, 6) is -2.41. The van der Waals surface area contributed by atoms with Crippen molar-refractivity contribution < 1.29 is 24.4 Å². The Morgan fingerprint density at radius 3 is 2.48 bits per heavy atom. The van der Waals surface area contributed by atoms with Crippen molar-refractivity contribution in [3.63, 3.8) is 0 Å². The Bertz CT molecular complexity index is 626. The van der Waals surface area contributed by atoms with Gasteiger partial charge < -0.3 is 5.11 Å². The summed E-state index contributed by atoms with van der Waals surface area (Å²) < 4.78 is 0. The van der Waals surface area contributed by atoms with E-state index in [-0.39, 0.29) is 25.2 Å². The van der Waals surface area contributed by atoms with Crippen LogP contribution in [0, 0.1) is 10.1 Å². The van der Waals surface area contributed by atoms with Crippen molar-refractivity contribution in [1.82, 2.24) is 10.2 Å². The molecule has 2 N–H and O–H groups in total. The van der Waals surface area contributed by atoms with Crippen molar-refractivity contribution in [2.24, 2.45) is 0 Å². The van der Waals surface area contributed by atoms with E-state index in [4.69, 9.17) is 5.11 Å². The number of aromatic carboxylic acids is 1. The number of hydrogen-bond donors (Lipinski definition) is 2. The molecule has 9 nitrogen and oxygen atoms in total. The molecule has 1 aromatic carbocycles. The van der Waals surface area contributed by atoms with E-state index in [2.05, 4.69) is 5.32 Å². The summed E-state index contributed by atoms with van der Waals surface area (Å²) in [7, 11) is 0. The summed E-state index contributed by atoms with van der Waals surface area (Å²) in [5.41, 5.74) is -0.770. The van der Waals surface area contributed by atoms with Gasteiger partial charge in [0.15, 0.2) is 0 Å². The van der Waals surface area contributed by atoms with E-state index in [1.165, 1.54) is 17.0 Å². The van der Waals surface area contributed by atoms with E-state index in [0.717, 1.165) is 6.07 Å². The lowest BCUT2D eigenvalue weighted by atomic mass is 10.0. The molecule has 9 heteroatoms. The minimum absolute atomic E-state index is 0.0392. The van der Waals surface area contributed by atoms with Crippen LogP contribution in [-0.2, 0) is 16.1 Å². The van der Waals surface area contributed by atoms with Gasteiger partial charge in [0.25, 0.3) is 5.69 Å². The van der Waals surface area contributed by atoms with Gasteiger partial charge >= 0.3 is 5.97 Å². The molecular weight excluding hydrogens is 282 g/mol. The minimum atomic E-state index is -1.43. The molecule has 1 fully saturated rings. The van der Waals surface area contributed by atoms with E-state index in [1.807, 2.05) is 0 Å². The molecule has 1 aliphatic heterocycles. The van der Waals surface area contributed by atoms with Crippen LogP contribution < -0.4 is 5.32 Å². The number of imide groups is 1. The summed E-state index contributed by atoms with van der Waals surface area (Å²) in [6.07, 6.45) is 0. The molecule has 1 heterocycles. The number of nitrogens with zero attached hydrogens (tertiary/aromatic N) is 2. The van der Waals surface area contributed by atoms with E-state index in [9.17, 15) is 24.5 Å². The van der Waals surface area contributed by atoms with Crippen molar-refractivity contribution in [1.29, 1.82) is 0 Å². The predicted molar refractivity (Wildman–Crippen MR) is 68.5 cm³/mol. The van der Waals surface area contributed by atoms with Crippen LogP contribution in [0.15, 0.2) is 18.2 Å². The summed E-state index contributed by atoms with van der Waals surface area (Å²) in [5, 5.41) is 22.2. The maximum absolute atomic E-state index is 11.3. The van der Waals surface area contributed by atoms with Crippen molar-refractivity contribution >= 4 is 23.5 Å². The Labute approximate surface area is 118 Å². The van der Waals surface area contributed by atoms with Gasteiger partial charge in [-0.2, -0.15) is 0 Å². The van der Waals surface area contributed by atoms with Gasteiger partial charge in [0.2, 0.25) is 11.8 Å². The molecule has 0 atom stereocenters. The number of rotatable bonds is 4. The van der Waals surface area contributed by atoms with Gasteiger partial charge in [0, 0.05) is 12.6 Å². The van der Waals surface area contributed by atoms with Crippen LogP contribution in [-0.4, -0.2) is 45.8 Å². The second kappa shape index (κ2) is 5.67. The maximum atomic E-state index is 11.3. The molecule has 110 valence electrons. The lowest BCUT2D eigenvalue weighted by molar-refractivity contribution is -0.385. The third-order valence-corrected chi connectivity index (χ3v) is 2.95. The number of piperazine rings is 1. The highest BCUT2D eigenvalue weighted by Crippen LogP contribution is 2.23. The smallest absolute Gasteiger partial charge is 0.343 e. The van der Waals surface area contributed by atoms with Crippen molar-refractivity contribution in [2.45, 2.75) is 6.54 Å². The SMILES string of the molecule is O=C1CN(Cc2cccc([N+](=O)[O-])c2C(=O)O)CC(=O)N1. The highest BCUT2D eigenvalue weighted by Gasteiger charge is 2.27. The van der Waals surface area contributed by atoms with Gasteiger partial charge in [-0.15, -0.1) is 0 Å². The van der Waals surface area contributed by atoms with Crippen molar-refractivity contribution in [2.75, 3.05) is 13.1 Å². The molecule has 0 radical (unpaired) electrons. The van der Waals surface area contributed by atoms with E-state index in [0.29, 0.717) is 0 Å². The fourth-order valence-electron chi connectivity index (χ4n) is 2.17. The van der Waals surface area contributed by atoms with Gasteiger partial charge in [0.05, 0.1) is 18.0 Å². The number of carboxylic acid groups (broad SMARTS) is 1. The first-order chi connectivity index (χ1) is 9.88. The van der Waals surface area contributed by atoms with Crippen molar-refractivity contribution in [3.05, 3.63) is 39.4 Å². The molecule has 0 bridgehead atoms. The van der Waals surface area contributed by atoms with Crippen LogP contribution in [0.25, 0.3) is 0 Å². The number of nitro groups is 1. The summed E-state index contributed by atoms with van der Waals surface area (Å²) >= 11 is 0. The molecule has 0 saturated carbocycles. The number of carbonyl (C=O) groups is 3. The zero-order valence-corrected chi connectivity index (χ0v) is 10.7.